The zero-order chi connectivity index (χ0) is 26.2. The molecule has 0 saturated heterocycles. The minimum atomic E-state index is -0.411. The number of esters is 1. The molecule has 0 aliphatic carbocycles. The van der Waals surface area contributed by atoms with Crippen molar-refractivity contribution < 1.29 is 18.7 Å². The van der Waals surface area contributed by atoms with Crippen molar-refractivity contribution in [2.45, 2.75) is 26.7 Å². The van der Waals surface area contributed by atoms with Gasteiger partial charge in [-0.3, -0.25) is 0 Å². The van der Waals surface area contributed by atoms with Gasteiger partial charge in [0.1, 0.15) is 24.8 Å². The molecule has 188 valence electrons. The van der Waals surface area contributed by atoms with Gasteiger partial charge in [-0.2, -0.15) is 0 Å². The standard InChI is InChI=1S/C33H31FO3/c1-4-5-29-14-15-30(22-32(29)34)28-12-10-25(11-13-28)24-6-8-26(9-7-24)27-16-18-31(19-17-27)36-20-21-37-33(35)23(2)3/h6-19,22H,2,4-5,20-21H2,1,3H3. The molecule has 0 unspecified atom stereocenters. The van der Waals surface area contributed by atoms with E-state index in [0.29, 0.717) is 11.3 Å². The summed E-state index contributed by atoms with van der Waals surface area (Å²) in [6.45, 7) is 7.68. The zero-order valence-electron chi connectivity index (χ0n) is 21.3. The summed E-state index contributed by atoms with van der Waals surface area (Å²) < 4.78 is 25.0. The van der Waals surface area contributed by atoms with Crippen LogP contribution in [0.1, 0.15) is 25.8 Å². The molecule has 37 heavy (non-hydrogen) atoms. The third-order valence-corrected chi connectivity index (χ3v) is 6.13. The summed E-state index contributed by atoms with van der Waals surface area (Å²) in [5.74, 6) is 0.167. The molecule has 0 N–H and O–H groups in total. The second-order valence-corrected chi connectivity index (χ2v) is 9.00. The van der Waals surface area contributed by atoms with Gasteiger partial charge in [-0.25, -0.2) is 9.18 Å². The lowest BCUT2D eigenvalue weighted by molar-refractivity contribution is -0.139. The number of carbonyl (C=O) groups excluding carboxylic acids is 1. The maximum Gasteiger partial charge on any atom is 0.333 e. The number of benzene rings is 4. The summed E-state index contributed by atoms with van der Waals surface area (Å²) in [4.78, 5) is 11.4. The number of hydrogen-bond donors (Lipinski definition) is 0. The van der Waals surface area contributed by atoms with E-state index >= 15 is 0 Å². The maximum atomic E-state index is 14.4. The first-order valence-electron chi connectivity index (χ1n) is 12.5. The van der Waals surface area contributed by atoms with E-state index in [0.717, 1.165) is 51.8 Å². The first kappa shape index (κ1) is 25.9. The lowest BCUT2D eigenvalue weighted by Gasteiger charge is -2.09. The number of hydrogen-bond acceptors (Lipinski definition) is 3. The van der Waals surface area contributed by atoms with Crippen LogP contribution >= 0.6 is 0 Å². The molecule has 0 heterocycles. The lowest BCUT2D eigenvalue weighted by atomic mass is 9.97. The van der Waals surface area contributed by atoms with Gasteiger partial charge < -0.3 is 9.47 Å². The van der Waals surface area contributed by atoms with E-state index in [1.54, 1.807) is 13.0 Å². The van der Waals surface area contributed by atoms with Gasteiger partial charge in [-0.05, 0) is 70.5 Å². The Labute approximate surface area is 218 Å². The Hall–Kier alpha value is -4.18. The van der Waals surface area contributed by atoms with Crippen molar-refractivity contribution in [3.63, 3.8) is 0 Å². The van der Waals surface area contributed by atoms with Gasteiger partial charge in [-0.15, -0.1) is 0 Å². The van der Waals surface area contributed by atoms with Crippen LogP contribution in [0.15, 0.2) is 103 Å². The summed E-state index contributed by atoms with van der Waals surface area (Å²) in [5.41, 5.74) is 7.43. The van der Waals surface area contributed by atoms with Crippen LogP contribution in [0.2, 0.25) is 0 Å². The van der Waals surface area contributed by atoms with Gasteiger partial charge in [0.2, 0.25) is 0 Å². The van der Waals surface area contributed by atoms with E-state index in [4.69, 9.17) is 9.47 Å². The molecule has 0 aromatic heterocycles. The van der Waals surface area contributed by atoms with Crippen LogP contribution in [0.3, 0.4) is 0 Å². The number of carbonyl (C=O) groups is 1. The van der Waals surface area contributed by atoms with Crippen molar-refractivity contribution in [1.29, 1.82) is 0 Å². The fraction of sp³-hybridized carbons (Fsp3) is 0.182. The Morgan fingerprint density at radius 3 is 1.65 bits per heavy atom. The molecule has 4 aromatic rings. The molecular formula is C33H31FO3. The van der Waals surface area contributed by atoms with Crippen molar-refractivity contribution >= 4 is 5.97 Å². The Balaban J connectivity index is 1.37. The van der Waals surface area contributed by atoms with E-state index in [9.17, 15) is 9.18 Å². The van der Waals surface area contributed by atoms with Crippen molar-refractivity contribution in [1.82, 2.24) is 0 Å². The Kier molecular flexibility index (Phi) is 8.52. The van der Waals surface area contributed by atoms with Gasteiger partial charge in [0.15, 0.2) is 0 Å². The average molecular weight is 495 g/mol. The first-order chi connectivity index (χ1) is 17.9. The normalized spacial score (nSPS) is 10.7. The molecule has 4 rings (SSSR count). The summed E-state index contributed by atoms with van der Waals surface area (Å²) >= 11 is 0. The minimum absolute atomic E-state index is 0.136. The van der Waals surface area contributed by atoms with Crippen LogP contribution in [0.25, 0.3) is 33.4 Å². The van der Waals surface area contributed by atoms with Crippen LogP contribution < -0.4 is 4.74 Å². The van der Waals surface area contributed by atoms with Gasteiger partial charge in [0.05, 0.1) is 0 Å². The van der Waals surface area contributed by atoms with E-state index in [1.807, 2.05) is 48.5 Å². The molecule has 4 aromatic carbocycles. The highest BCUT2D eigenvalue weighted by Gasteiger charge is 2.07. The van der Waals surface area contributed by atoms with Crippen LogP contribution in [0.4, 0.5) is 4.39 Å². The Morgan fingerprint density at radius 1 is 0.730 bits per heavy atom. The molecule has 0 bridgehead atoms. The predicted molar refractivity (Wildman–Crippen MR) is 148 cm³/mol. The van der Waals surface area contributed by atoms with Gasteiger partial charge >= 0.3 is 5.97 Å². The van der Waals surface area contributed by atoms with Crippen LogP contribution in [-0.4, -0.2) is 19.2 Å². The largest absolute Gasteiger partial charge is 0.490 e. The summed E-state index contributed by atoms with van der Waals surface area (Å²) in [7, 11) is 0. The topological polar surface area (TPSA) is 35.5 Å². The smallest absolute Gasteiger partial charge is 0.333 e. The molecule has 0 fully saturated rings. The molecule has 0 spiro atoms. The third-order valence-electron chi connectivity index (χ3n) is 6.13. The monoisotopic (exact) mass is 494 g/mol. The summed E-state index contributed by atoms with van der Waals surface area (Å²) in [6.07, 6.45) is 1.69. The van der Waals surface area contributed by atoms with Gasteiger partial charge in [0.25, 0.3) is 0 Å². The predicted octanol–water partition coefficient (Wildman–Crippen LogP) is 8.28. The number of halogens is 1. The Bertz CT molecular complexity index is 1350. The molecule has 0 radical (unpaired) electrons. The fourth-order valence-corrected chi connectivity index (χ4v) is 4.07. The van der Waals surface area contributed by atoms with E-state index < -0.39 is 5.97 Å². The SMILES string of the molecule is C=C(C)C(=O)OCCOc1ccc(-c2ccc(-c3ccc(-c4ccc(CCC)c(F)c4)cc3)cc2)cc1. The van der Waals surface area contributed by atoms with Gasteiger partial charge in [-0.1, -0.05) is 92.7 Å². The van der Waals surface area contributed by atoms with E-state index in [1.165, 1.54) is 0 Å². The quantitative estimate of drug-likeness (QED) is 0.126. The van der Waals surface area contributed by atoms with Gasteiger partial charge in [0, 0.05) is 5.57 Å². The number of ether oxygens (including phenoxy) is 2. The van der Waals surface area contributed by atoms with Crippen molar-refractivity contribution in [3.8, 4) is 39.1 Å². The molecule has 0 atom stereocenters. The van der Waals surface area contributed by atoms with Crippen molar-refractivity contribution in [2.75, 3.05) is 13.2 Å². The van der Waals surface area contributed by atoms with Crippen LogP contribution in [0, 0.1) is 5.82 Å². The molecule has 4 heteroatoms. The summed E-state index contributed by atoms with van der Waals surface area (Å²) in [6, 6.07) is 29.9. The van der Waals surface area contributed by atoms with E-state index in [2.05, 4.69) is 49.9 Å². The van der Waals surface area contributed by atoms with Crippen LogP contribution in [-0.2, 0) is 16.0 Å². The highest BCUT2D eigenvalue weighted by atomic mass is 19.1. The van der Waals surface area contributed by atoms with Crippen molar-refractivity contribution in [2.24, 2.45) is 0 Å². The highest BCUT2D eigenvalue weighted by molar-refractivity contribution is 5.86. The molecule has 0 saturated carbocycles. The fourth-order valence-electron chi connectivity index (χ4n) is 4.07. The summed E-state index contributed by atoms with van der Waals surface area (Å²) in [5, 5.41) is 0. The number of rotatable bonds is 10. The van der Waals surface area contributed by atoms with Crippen molar-refractivity contribution in [3.05, 3.63) is 115 Å². The van der Waals surface area contributed by atoms with Crippen LogP contribution in [0.5, 0.6) is 5.75 Å². The molecule has 0 aliphatic rings. The minimum Gasteiger partial charge on any atom is -0.490 e. The highest BCUT2D eigenvalue weighted by Crippen LogP contribution is 2.29. The average Bonchev–Trinajstić information content (AvgIpc) is 2.93. The lowest BCUT2D eigenvalue weighted by Crippen LogP contribution is -2.12. The molecule has 3 nitrogen and oxygen atoms in total. The zero-order valence-corrected chi connectivity index (χ0v) is 21.3. The first-order valence-corrected chi connectivity index (χ1v) is 12.5. The maximum absolute atomic E-state index is 14.4. The molecule has 0 aliphatic heterocycles. The molecule has 0 amide bonds. The van der Waals surface area contributed by atoms with E-state index in [-0.39, 0.29) is 19.0 Å². The third kappa shape index (κ3) is 6.73. The molecular weight excluding hydrogens is 463 g/mol. The Morgan fingerprint density at radius 2 is 1.19 bits per heavy atom. The number of aryl methyl sites for hydroxylation is 1. The second-order valence-electron chi connectivity index (χ2n) is 9.00. The second kappa shape index (κ2) is 12.2.